The second-order valence-corrected chi connectivity index (χ2v) is 4.50. The molecule has 0 aliphatic rings. The van der Waals surface area contributed by atoms with Crippen LogP contribution in [-0.4, -0.2) is 13.1 Å². The van der Waals surface area contributed by atoms with Crippen molar-refractivity contribution in [3.63, 3.8) is 0 Å². The fraction of sp³-hybridized carbons (Fsp3) is 0.462. The summed E-state index contributed by atoms with van der Waals surface area (Å²) < 4.78 is 13.6. The van der Waals surface area contributed by atoms with Gasteiger partial charge in [-0.1, -0.05) is 22.0 Å². The van der Waals surface area contributed by atoms with Gasteiger partial charge in [0.1, 0.15) is 5.82 Å². The summed E-state index contributed by atoms with van der Waals surface area (Å²) in [4.78, 5) is 2.04. The predicted octanol–water partition coefficient (Wildman–Crippen LogP) is 3.71. The van der Waals surface area contributed by atoms with Crippen molar-refractivity contribution in [1.82, 2.24) is 0 Å². The first-order valence-corrected chi connectivity index (χ1v) is 6.74. The number of benzene rings is 1. The Morgan fingerprint density at radius 3 is 2.76 bits per heavy atom. The third-order valence-corrected chi connectivity index (χ3v) is 3.23. The molecule has 1 aromatic carbocycles. The summed E-state index contributed by atoms with van der Waals surface area (Å²) in [5, 5.41) is 9.33. The van der Waals surface area contributed by atoms with Gasteiger partial charge in [0.2, 0.25) is 0 Å². The summed E-state index contributed by atoms with van der Waals surface area (Å²) in [6.07, 6.45) is 0. The van der Waals surface area contributed by atoms with Crippen molar-refractivity contribution in [1.29, 1.82) is 5.26 Å². The molecule has 0 heterocycles. The first-order valence-electron chi connectivity index (χ1n) is 5.61. The van der Waals surface area contributed by atoms with E-state index in [-0.39, 0.29) is 11.7 Å². The Balaban J connectivity index is 3.04. The van der Waals surface area contributed by atoms with Crippen molar-refractivity contribution in [2.75, 3.05) is 18.0 Å². The molecule has 0 saturated heterocycles. The van der Waals surface area contributed by atoms with E-state index in [4.69, 9.17) is 5.26 Å². The topological polar surface area (TPSA) is 27.0 Å². The average Bonchev–Trinajstić information content (AvgIpc) is 2.35. The summed E-state index contributed by atoms with van der Waals surface area (Å²) in [5.41, 5.74) is 1.52. The van der Waals surface area contributed by atoms with Crippen molar-refractivity contribution in [3.8, 4) is 6.07 Å². The van der Waals surface area contributed by atoms with Crippen LogP contribution in [0.2, 0.25) is 0 Å². The molecule has 1 rings (SSSR count). The molecule has 17 heavy (non-hydrogen) atoms. The Kier molecular flexibility index (Phi) is 5.43. The highest BCUT2D eigenvalue weighted by atomic mass is 79.9. The summed E-state index contributed by atoms with van der Waals surface area (Å²) in [7, 11) is 0. The number of alkyl halides is 1. The lowest BCUT2D eigenvalue weighted by atomic mass is 10.1. The van der Waals surface area contributed by atoms with Gasteiger partial charge < -0.3 is 4.90 Å². The molecule has 0 aromatic heterocycles. The molecule has 1 aromatic rings. The first-order chi connectivity index (χ1) is 8.13. The highest BCUT2D eigenvalue weighted by Gasteiger charge is 2.14. The minimum Gasteiger partial charge on any atom is -0.370 e. The van der Waals surface area contributed by atoms with Gasteiger partial charge in [0.05, 0.1) is 12.0 Å². The van der Waals surface area contributed by atoms with Gasteiger partial charge in [0.15, 0.2) is 0 Å². The number of nitrogens with zero attached hydrogens (tertiary/aromatic N) is 2. The zero-order valence-corrected chi connectivity index (χ0v) is 11.7. The molecule has 92 valence electrons. The number of anilines is 1. The molecule has 0 aliphatic carbocycles. The third-order valence-electron chi connectivity index (χ3n) is 2.66. The van der Waals surface area contributed by atoms with Gasteiger partial charge in [-0.25, -0.2) is 4.39 Å². The van der Waals surface area contributed by atoms with E-state index in [1.807, 2.05) is 24.8 Å². The average molecular weight is 299 g/mol. The predicted molar refractivity (Wildman–Crippen MR) is 71.7 cm³/mol. The van der Waals surface area contributed by atoms with E-state index in [1.165, 1.54) is 6.07 Å². The van der Waals surface area contributed by atoms with E-state index in [1.54, 1.807) is 6.07 Å². The number of rotatable bonds is 5. The van der Waals surface area contributed by atoms with Gasteiger partial charge in [-0.3, -0.25) is 0 Å². The van der Waals surface area contributed by atoms with Gasteiger partial charge in [0, 0.05) is 29.7 Å². The van der Waals surface area contributed by atoms with Crippen LogP contribution in [0.4, 0.5) is 10.1 Å². The zero-order valence-electron chi connectivity index (χ0n) is 10.1. The van der Waals surface area contributed by atoms with Crippen molar-refractivity contribution in [3.05, 3.63) is 29.6 Å². The lowest BCUT2D eigenvalue weighted by Gasteiger charge is -2.26. The van der Waals surface area contributed by atoms with Crippen LogP contribution in [0.1, 0.15) is 19.4 Å². The lowest BCUT2D eigenvalue weighted by molar-refractivity contribution is 0.613. The van der Waals surface area contributed by atoms with Crippen LogP contribution in [0, 0.1) is 23.1 Å². The van der Waals surface area contributed by atoms with Gasteiger partial charge >= 0.3 is 0 Å². The fourth-order valence-electron chi connectivity index (χ4n) is 1.75. The zero-order chi connectivity index (χ0) is 12.8. The smallest absolute Gasteiger partial charge is 0.129 e. The molecule has 0 N–H and O–H groups in total. The molecule has 0 saturated carbocycles. The van der Waals surface area contributed by atoms with E-state index >= 15 is 0 Å². The Morgan fingerprint density at radius 1 is 1.53 bits per heavy atom. The fourth-order valence-corrected chi connectivity index (χ4v) is 2.30. The lowest BCUT2D eigenvalue weighted by Crippen LogP contribution is -2.28. The van der Waals surface area contributed by atoms with Crippen LogP contribution in [0.5, 0.6) is 0 Å². The van der Waals surface area contributed by atoms with Crippen LogP contribution < -0.4 is 4.90 Å². The van der Waals surface area contributed by atoms with E-state index in [2.05, 4.69) is 22.0 Å². The Morgan fingerprint density at radius 2 is 2.24 bits per heavy atom. The van der Waals surface area contributed by atoms with E-state index in [0.29, 0.717) is 17.4 Å². The van der Waals surface area contributed by atoms with E-state index in [0.717, 1.165) is 12.2 Å². The van der Waals surface area contributed by atoms with Gasteiger partial charge in [-0.15, -0.1) is 0 Å². The maximum absolute atomic E-state index is 13.6. The molecule has 0 radical (unpaired) electrons. The third kappa shape index (κ3) is 3.44. The number of hydrogen-bond donors (Lipinski definition) is 0. The Labute approximate surface area is 110 Å². The van der Waals surface area contributed by atoms with Crippen LogP contribution in [-0.2, 0) is 5.33 Å². The normalized spacial score (nSPS) is 11.9. The summed E-state index contributed by atoms with van der Waals surface area (Å²) in [6.45, 7) is 5.26. The van der Waals surface area contributed by atoms with Crippen LogP contribution in [0.15, 0.2) is 18.2 Å². The largest absolute Gasteiger partial charge is 0.370 e. The van der Waals surface area contributed by atoms with Gasteiger partial charge in [-0.2, -0.15) is 5.26 Å². The van der Waals surface area contributed by atoms with Crippen LogP contribution in [0.25, 0.3) is 0 Å². The quantitative estimate of drug-likeness (QED) is 0.775. The van der Waals surface area contributed by atoms with Crippen molar-refractivity contribution in [2.24, 2.45) is 5.92 Å². The maximum atomic E-state index is 13.6. The highest BCUT2D eigenvalue weighted by molar-refractivity contribution is 9.08. The molecule has 1 atom stereocenters. The summed E-state index contributed by atoms with van der Waals surface area (Å²) in [5.74, 6) is -0.274. The summed E-state index contributed by atoms with van der Waals surface area (Å²) >= 11 is 3.31. The molecule has 0 bridgehead atoms. The highest BCUT2D eigenvalue weighted by Crippen LogP contribution is 2.26. The molecule has 4 heteroatoms. The maximum Gasteiger partial charge on any atom is 0.129 e. The molecule has 0 aliphatic heterocycles. The van der Waals surface area contributed by atoms with E-state index < -0.39 is 0 Å². The van der Waals surface area contributed by atoms with Crippen molar-refractivity contribution in [2.45, 2.75) is 19.2 Å². The first kappa shape index (κ1) is 14.0. The van der Waals surface area contributed by atoms with Crippen LogP contribution in [0.3, 0.4) is 0 Å². The number of halogens is 2. The second kappa shape index (κ2) is 6.61. The standard InChI is InChI=1S/C13H16BrFN2/c1-3-17(9-10(2)8-16)13-6-4-5-12(15)11(13)7-14/h4-6,10H,3,7,9H2,1-2H3. The minimum atomic E-state index is -0.206. The SMILES string of the molecule is CCN(CC(C)C#N)c1cccc(F)c1CBr. The molecule has 1 unspecified atom stereocenters. The van der Waals surface area contributed by atoms with Crippen LogP contribution >= 0.6 is 15.9 Å². The van der Waals surface area contributed by atoms with Gasteiger partial charge in [-0.05, 0) is 26.0 Å². The van der Waals surface area contributed by atoms with Crippen molar-refractivity contribution < 1.29 is 4.39 Å². The van der Waals surface area contributed by atoms with Gasteiger partial charge in [0.25, 0.3) is 0 Å². The molecule has 2 nitrogen and oxygen atoms in total. The Bertz CT molecular complexity index is 414. The molecular weight excluding hydrogens is 283 g/mol. The molecule has 0 amide bonds. The molecular formula is C13H16BrFN2. The Hall–Kier alpha value is -1.08. The monoisotopic (exact) mass is 298 g/mol. The summed E-state index contributed by atoms with van der Waals surface area (Å²) in [6, 6.07) is 7.27. The molecule has 0 spiro atoms. The second-order valence-electron chi connectivity index (χ2n) is 3.94. The van der Waals surface area contributed by atoms with Crippen molar-refractivity contribution >= 4 is 21.6 Å². The number of nitriles is 1. The van der Waals surface area contributed by atoms with E-state index in [9.17, 15) is 4.39 Å². The number of hydrogen-bond acceptors (Lipinski definition) is 2. The molecule has 0 fully saturated rings. The minimum absolute atomic E-state index is 0.0682.